The Hall–Kier alpha value is -3.58. The second-order valence-electron chi connectivity index (χ2n) is 8.85. The number of halogens is 1. The highest BCUT2D eigenvalue weighted by Gasteiger charge is 2.27. The van der Waals surface area contributed by atoms with Crippen molar-refractivity contribution in [2.45, 2.75) is 32.9 Å². The molecule has 1 atom stereocenters. The highest BCUT2D eigenvalue weighted by Crippen LogP contribution is 2.32. The maximum absolute atomic E-state index is 12.8. The molecular formula is C27H28ClN5O2. The van der Waals surface area contributed by atoms with E-state index in [0.29, 0.717) is 19.6 Å². The van der Waals surface area contributed by atoms with Crippen LogP contribution in [-0.4, -0.2) is 29.0 Å². The van der Waals surface area contributed by atoms with Crippen molar-refractivity contribution in [3.63, 3.8) is 0 Å². The van der Waals surface area contributed by atoms with Gasteiger partial charge in [0.25, 0.3) is 0 Å². The van der Waals surface area contributed by atoms with Crippen molar-refractivity contribution in [1.29, 1.82) is 0 Å². The Morgan fingerprint density at radius 2 is 2.03 bits per heavy atom. The molecule has 8 heteroatoms. The molecule has 0 aliphatic carbocycles. The lowest BCUT2D eigenvalue weighted by atomic mass is 9.96. The van der Waals surface area contributed by atoms with Gasteiger partial charge in [0.2, 0.25) is 5.91 Å². The second-order valence-corrected chi connectivity index (χ2v) is 9.26. The van der Waals surface area contributed by atoms with Gasteiger partial charge in [-0.25, -0.2) is 9.97 Å². The van der Waals surface area contributed by atoms with Crippen molar-refractivity contribution < 1.29 is 9.21 Å². The molecule has 7 nitrogen and oxygen atoms in total. The number of carbonyl (C=O) groups is 1. The standard InChI is InChI=1S/C27H28ClN5O2/c1-18-22-10-11-29-26(23(22)16-31-25(18)30-14-19-6-2-3-9-24(19)28)33-12-4-7-20(17-33)27(34)32-15-21-8-5-13-35-21/h2-3,5-6,8-11,13,16,20H,4,7,12,14-15,17H2,1H3,(H,30,31)(H,32,34). The molecule has 3 aromatic heterocycles. The van der Waals surface area contributed by atoms with Crippen molar-refractivity contribution in [2.24, 2.45) is 5.92 Å². The molecule has 180 valence electrons. The van der Waals surface area contributed by atoms with E-state index >= 15 is 0 Å². The molecule has 1 aliphatic rings. The molecule has 2 N–H and O–H groups in total. The number of carbonyl (C=O) groups excluding carboxylic acids is 1. The van der Waals surface area contributed by atoms with Crippen LogP contribution in [0.2, 0.25) is 5.02 Å². The van der Waals surface area contributed by atoms with Gasteiger partial charge in [0.1, 0.15) is 17.4 Å². The summed E-state index contributed by atoms with van der Waals surface area (Å²) in [5.74, 6) is 2.40. The minimum absolute atomic E-state index is 0.0479. The first kappa shape index (κ1) is 23.2. The molecule has 1 saturated heterocycles. The van der Waals surface area contributed by atoms with Gasteiger partial charge in [0, 0.05) is 42.4 Å². The SMILES string of the molecule is Cc1c(NCc2ccccc2Cl)ncc2c(N3CCCC(C(=O)NCc4ccco4)C3)nccc12. The molecular weight excluding hydrogens is 462 g/mol. The van der Waals surface area contributed by atoms with E-state index in [1.165, 1.54) is 0 Å². The van der Waals surface area contributed by atoms with E-state index in [4.69, 9.17) is 21.0 Å². The van der Waals surface area contributed by atoms with Gasteiger partial charge in [-0.3, -0.25) is 4.79 Å². The number of nitrogens with one attached hydrogen (secondary N) is 2. The molecule has 1 unspecified atom stereocenters. The number of nitrogens with zero attached hydrogens (tertiary/aromatic N) is 3. The van der Waals surface area contributed by atoms with Crippen LogP contribution < -0.4 is 15.5 Å². The zero-order valence-electron chi connectivity index (χ0n) is 19.6. The Kier molecular flexibility index (Phi) is 6.86. The summed E-state index contributed by atoms with van der Waals surface area (Å²) in [6.45, 7) is 4.55. The number of benzene rings is 1. The lowest BCUT2D eigenvalue weighted by Gasteiger charge is -2.33. The van der Waals surface area contributed by atoms with E-state index in [9.17, 15) is 4.79 Å². The Morgan fingerprint density at radius 1 is 1.14 bits per heavy atom. The number of amides is 1. The topological polar surface area (TPSA) is 83.3 Å². The molecule has 4 aromatic rings. The van der Waals surface area contributed by atoms with E-state index in [1.54, 1.807) is 6.26 Å². The fourth-order valence-corrected chi connectivity index (χ4v) is 4.84. The van der Waals surface area contributed by atoms with E-state index in [0.717, 1.165) is 63.7 Å². The lowest BCUT2D eigenvalue weighted by molar-refractivity contribution is -0.125. The van der Waals surface area contributed by atoms with Crippen LogP contribution in [0, 0.1) is 12.8 Å². The first-order chi connectivity index (χ1) is 17.1. The van der Waals surface area contributed by atoms with Crippen molar-refractivity contribution in [2.75, 3.05) is 23.3 Å². The molecule has 35 heavy (non-hydrogen) atoms. The number of hydrogen-bond acceptors (Lipinski definition) is 6. The summed E-state index contributed by atoms with van der Waals surface area (Å²) < 4.78 is 5.33. The van der Waals surface area contributed by atoms with Gasteiger partial charge in [-0.1, -0.05) is 29.8 Å². The number of anilines is 2. The van der Waals surface area contributed by atoms with Gasteiger partial charge in [-0.2, -0.15) is 0 Å². The molecule has 1 aromatic carbocycles. The molecule has 1 fully saturated rings. The lowest BCUT2D eigenvalue weighted by Crippen LogP contribution is -2.43. The average Bonchev–Trinajstić information content (AvgIpc) is 3.41. The van der Waals surface area contributed by atoms with Crippen LogP contribution in [0.3, 0.4) is 0 Å². The van der Waals surface area contributed by atoms with E-state index < -0.39 is 0 Å². The minimum Gasteiger partial charge on any atom is -0.467 e. The Bertz CT molecular complexity index is 1320. The number of aryl methyl sites for hydroxylation is 1. The number of aromatic nitrogens is 2. The Balaban J connectivity index is 1.32. The monoisotopic (exact) mass is 489 g/mol. The number of pyridine rings is 2. The number of piperidine rings is 1. The number of furan rings is 1. The Labute approximate surface area is 209 Å². The predicted octanol–water partition coefficient (Wildman–Crippen LogP) is 5.33. The number of hydrogen-bond donors (Lipinski definition) is 2. The maximum atomic E-state index is 12.8. The van der Waals surface area contributed by atoms with Crippen molar-refractivity contribution in [3.05, 3.63) is 83.0 Å². The van der Waals surface area contributed by atoms with Crippen molar-refractivity contribution in [3.8, 4) is 0 Å². The van der Waals surface area contributed by atoms with Crippen LogP contribution >= 0.6 is 11.6 Å². The van der Waals surface area contributed by atoms with E-state index in [1.807, 2.05) is 54.9 Å². The van der Waals surface area contributed by atoms with Gasteiger partial charge in [0.15, 0.2) is 0 Å². The van der Waals surface area contributed by atoms with Crippen LogP contribution in [-0.2, 0) is 17.9 Å². The molecule has 1 aliphatic heterocycles. The first-order valence-electron chi connectivity index (χ1n) is 11.9. The zero-order valence-corrected chi connectivity index (χ0v) is 20.4. The van der Waals surface area contributed by atoms with Crippen molar-refractivity contribution >= 4 is 39.9 Å². The highest BCUT2D eigenvalue weighted by molar-refractivity contribution is 6.31. The fourth-order valence-electron chi connectivity index (χ4n) is 4.64. The smallest absolute Gasteiger partial charge is 0.225 e. The van der Waals surface area contributed by atoms with E-state index in [-0.39, 0.29) is 11.8 Å². The molecule has 0 saturated carbocycles. The first-order valence-corrected chi connectivity index (χ1v) is 12.2. The third kappa shape index (κ3) is 5.10. The second kappa shape index (κ2) is 10.4. The molecule has 0 radical (unpaired) electrons. The maximum Gasteiger partial charge on any atom is 0.225 e. The molecule has 0 spiro atoms. The summed E-state index contributed by atoms with van der Waals surface area (Å²) in [6.07, 6.45) is 7.12. The van der Waals surface area contributed by atoms with E-state index in [2.05, 4.69) is 27.4 Å². The minimum atomic E-state index is -0.0959. The van der Waals surface area contributed by atoms with Gasteiger partial charge < -0.3 is 20.0 Å². The average molecular weight is 490 g/mol. The summed E-state index contributed by atoms with van der Waals surface area (Å²) >= 11 is 6.30. The largest absolute Gasteiger partial charge is 0.467 e. The molecule has 5 rings (SSSR count). The van der Waals surface area contributed by atoms with Crippen LogP contribution in [0.25, 0.3) is 10.8 Å². The summed E-state index contributed by atoms with van der Waals surface area (Å²) in [7, 11) is 0. The molecule has 1 amide bonds. The highest BCUT2D eigenvalue weighted by atomic mass is 35.5. The number of rotatable bonds is 7. The quantitative estimate of drug-likeness (QED) is 0.365. The van der Waals surface area contributed by atoms with Gasteiger partial charge in [-0.15, -0.1) is 0 Å². The van der Waals surface area contributed by atoms with Gasteiger partial charge in [0.05, 0.1) is 18.7 Å². The van der Waals surface area contributed by atoms with Crippen molar-refractivity contribution in [1.82, 2.24) is 15.3 Å². The predicted molar refractivity (Wildman–Crippen MR) is 139 cm³/mol. The normalized spacial score (nSPS) is 15.8. The summed E-state index contributed by atoms with van der Waals surface area (Å²) in [4.78, 5) is 24.4. The Morgan fingerprint density at radius 3 is 2.86 bits per heavy atom. The van der Waals surface area contributed by atoms with Gasteiger partial charge in [-0.05, 0) is 60.5 Å². The summed E-state index contributed by atoms with van der Waals surface area (Å²) in [6, 6.07) is 13.5. The van der Waals surface area contributed by atoms with Crippen LogP contribution in [0.15, 0.2) is 65.5 Å². The number of fused-ring (bicyclic) bond motifs is 1. The molecule has 0 bridgehead atoms. The third-order valence-electron chi connectivity index (χ3n) is 6.56. The fraction of sp³-hybridized carbons (Fsp3) is 0.296. The molecule has 4 heterocycles. The third-order valence-corrected chi connectivity index (χ3v) is 6.93. The van der Waals surface area contributed by atoms with Gasteiger partial charge >= 0.3 is 0 Å². The van der Waals surface area contributed by atoms with Crippen LogP contribution in [0.1, 0.15) is 29.7 Å². The van der Waals surface area contributed by atoms with Crippen LogP contribution in [0.4, 0.5) is 11.6 Å². The summed E-state index contributed by atoms with van der Waals surface area (Å²) in [5, 5.41) is 9.24. The van der Waals surface area contributed by atoms with Crippen LogP contribution in [0.5, 0.6) is 0 Å². The zero-order chi connectivity index (χ0) is 24.2. The summed E-state index contributed by atoms with van der Waals surface area (Å²) in [5.41, 5.74) is 2.08.